The number of rotatable bonds is 6. The second kappa shape index (κ2) is 9.16. The molecule has 2 heterocycles. The number of esters is 1. The third-order valence-corrected chi connectivity index (χ3v) is 6.29. The lowest BCUT2D eigenvalue weighted by Gasteiger charge is -2.28. The van der Waals surface area contributed by atoms with Crippen LogP contribution in [0.15, 0.2) is 65.0 Å². The normalized spacial score (nSPS) is 15.4. The summed E-state index contributed by atoms with van der Waals surface area (Å²) in [6.07, 6.45) is 0. The Balaban J connectivity index is 1.70. The van der Waals surface area contributed by atoms with Crippen molar-refractivity contribution < 1.29 is 9.53 Å². The van der Waals surface area contributed by atoms with Gasteiger partial charge in [-0.3, -0.25) is 0 Å². The Morgan fingerprint density at radius 3 is 2.65 bits per heavy atom. The summed E-state index contributed by atoms with van der Waals surface area (Å²) < 4.78 is 7.11. The van der Waals surface area contributed by atoms with E-state index in [9.17, 15) is 4.79 Å². The van der Waals surface area contributed by atoms with E-state index in [4.69, 9.17) is 21.4 Å². The van der Waals surface area contributed by atoms with E-state index < -0.39 is 6.04 Å². The van der Waals surface area contributed by atoms with E-state index in [-0.39, 0.29) is 5.97 Å². The number of anilines is 1. The van der Waals surface area contributed by atoms with Gasteiger partial charge in [0.15, 0.2) is 0 Å². The van der Waals surface area contributed by atoms with Gasteiger partial charge in [0, 0.05) is 16.5 Å². The van der Waals surface area contributed by atoms with Crippen LogP contribution in [0.3, 0.4) is 0 Å². The number of fused-ring (bicyclic) bond motifs is 1. The SMILES string of the molecule is CCOC(=O)C1=C(C)Nc2nc(SCc3ccccc3Cl)nn2[C@@H]1c1ccc(C)cc1. The zero-order valence-electron chi connectivity index (χ0n) is 17.6. The van der Waals surface area contributed by atoms with E-state index in [1.54, 1.807) is 11.6 Å². The molecule has 160 valence electrons. The van der Waals surface area contributed by atoms with Gasteiger partial charge in [0.2, 0.25) is 11.1 Å². The van der Waals surface area contributed by atoms with Crippen LogP contribution in [0.2, 0.25) is 5.02 Å². The van der Waals surface area contributed by atoms with Crippen molar-refractivity contribution in [3.8, 4) is 0 Å². The minimum Gasteiger partial charge on any atom is -0.463 e. The van der Waals surface area contributed by atoms with Crippen molar-refractivity contribution in [2.75, 3.05) is 11.9 Å². The topological polar surface area (TPSA) is 69.0 Å². The number of aromatic nitrogens is 3. The first-order chi connectivity index (χ1) is 15.0. The van der Waals surface area contributed by atoms with Gasteiger partial charge in [-0.15, -0.1) is 5.10 Å². The minimum absolute atomic E-state index is 0.305. The van der Waals surface area contributed by atoms with Crippen molar-refractivity contribution in [2.45, 2.75) is 37.7 Å². The molecule has 0 bridgehead atoms. The van der Waals surface area contributed by atoms with E-state index in [1.165, 1.54) is 11.8 Å². The van der Waals surface area contributed by atoms with Gasteiger partial charge >= 0.3 is 5.97 Å². The molecular weight excluding hydrogens is 432 g/mol. The summed E-state index contributed by atoms with van der Waals surface area (Å²) in [6, 6.07) is 15.4. The quantitative estimate of drug-likeness (QED) is 0.398. The molecule has 1 atom stereocenters. The van der Waals surface area contributed by atoms with Crippen molar-refractivity contribution in [3.05, 3.63) is 81.5 Å². The van der Waals surface area contributed by atoms with Crippen LogP contribution in [-0.2, 0) is 15.3 Å². The van der Waals surface area contributed by atoms with E-state index in [0.29, 0.717) is 34.7 Å². The molecule has 31 heavy (non-hydrogen) atoms. The Labute approximate surface area is 190 Å². The highest BCUT2D eigenvalue weighted by atomic mass is 35.5. The first-order valence-corrected chi connectivity index (χ1v) is 11.4. The van der Waals surface area contributed by atoms with Crippen molar-refractivity contribution >= 4 is 35.3 Å². The van der Waals surface area contributed by atoms with Crippen LogP contribution in [0.1, 0.15) is 36.6 Å². The maximum Gasteiger partial charge on any atom is 0.338 e. The monoisotopic (exact) mass is 454 g/mol. The van der Waals surface area contributed by atoms with Gasteiger partial charge in [0.05, 0.1) is 12.2 Å². The largest absolute Gasteiger partial charge is 0.463 e. The molecule has 0 radical (unpaired) electrons. The van der Waals surface area contributed by atoms with Gasteiger partial charge in [-0.05, 0) is 38.0 Å². The van der Waals surface area contributed by atoms with Crippen molar-refractivity contribution in [2.24, 2.45) is 0 Å². The number of thioether (sulfide) groups is 1. The van der Waals surface area contributed by atoms with Gasteiger partial charge in [-0.2, -0.15) is 4.98 Å². The summed E-state index contributed by atoms with van der Waals surface area (Å²) in [7, 11) is 0. The molecule has 1 aliphatic rings. The predicted molar refractivity (Wildman–Crippen MR) is 123 cm³/mol. The van der Waals surface area contributed by atoms with E-state index in [0.717, 1.165) is 21.7 Å². The highest BCUT2D eigenvalue weighted by Crippen LogP contribution is 2.37. The number of nitrogens with zero attached hydrogens (tertiary/aromatic N) is 3. The standard InChI is InChI=1S/C23H23ClN4O2S/c1-4-30-21(29)19-15(3)25-22-26-23(31-13-17-7-5-6-8-18(17)24)27-28(22)20(19)16-11-9-14(2)10-12-16/h5-12,20H,4,13H2,1-3H3,(H,25,26,27)/t20-/m1/s1. The van der Waals surface area contributed by atoms with E-state index in [2.05, 4.69) is 10.3 Å². The number of hydrogen-bond acceptors (Lipinski definition) is 6. The third kappa shape index (κ3) is 4.48. The molecule has 1 N–H and O–H groups in total. The molecular formula is C23H23ClN4O2S. The predicted octanol–water partition coefficient (Wildman–Crippen LogP) is 5.38. The molecule has 0 saturated heterocycles. The molecule has 8 heteroatoms. The number of carbonyl (C=O) groups excluding carboxylic acids is 1. The van der Waals surface area contributed by atoms with Crippen LogP contribution < -0.4 is 5.32 Å². The summed E-state index contributed by atoms with van der Waals surface area (Å²) in [6.45, 7) is 6.00. The van der Waals surface area contributed by atoms with Crippen LogP contribution in [0, 0.1) is 6.92 Å². The highest BCUT2D eigenvalue weighted by Gasteiger charge is 2.35. The Morgan fingerprint density at radius 1 is 1.19 bits per heavy atom. The number of allylic oxidation sites excluding steroid dienone is 1. The van der Waals surface area contributed by atoms with Gasteiger partial charge < -0.3 is 10.1 Å². The number of hydrogen-bond donors (Lipinski definition) is 1. The minimum atomic E-state index is -0.418. The van der Waals surface area contributed by atoms with Gasteiger partial charge in [-0.25, -0.2) is 9.48 Å². The molecule has 2 aromatic carbocycles. The first-order valence-electron chi connectivity index (χ1n) is 10.0. The zero-order chi connectivity index (χ0) is 22.0. The maximum absolute atomic E-state index is 12.8. The number of ether oxygens (including phenoxy) is 1. The van der Waals surface area contributed by atoms with Gasteiger partial charge in [0.25, 0.3) is 0 Å². The second-order valence-corrected chi connectivity index (χ2v) is 8.59. The molecule has 0 aliphatic carbocycles. The molecule has 4 rings (SSSR count). The lowest BCUT2D eigenvalue weighted by Crippen LogP contribution is -2.29. The van der Waals surface area contributed by atoms with E-state index >= 15 is 0 Å². The zero-order valence-corrected chi connectivity index (χ0v) is 19.1. The fraction of sp³-hybridized carbons (Fsp3) is 0.261. The molecule has 0 spiro atoms. The average molecular weight is 455 g/mol. The second-order valence-electron chi connectivity index (χ2n) is 7.24. The molecule has 3 aromatic rings. The fourth-order valence-corrected chi connectivity index (χ4v) is 4.60. The van der Waals surface area contributed by atoms with E-state index in [1.807, 2.05) is 62.4 Å². The summed E-state index contributed by atoms with van der Waals surface area (Å²) in [4.78, 5) is 17.5. The number of carbonyl (C=O) groups is 1. The Hall–Kier alpha value is -2.77. The molecule has 0 fully saturated rings. The van der Waals surface area contributed by atoms with Crippen LogP contribution in [-0.4, -0.2) is 27.3 Å². The Bertz CT molecular complexity index is 1140. The Morgan fingerprint density at radius 2 is 1.94 bits per heavy atom. The smallest absolute Gasteiger partial charge is 0.338 e. The molecule has 1 aromatic heterocycles. The number of nitrogens with one attached hydrogen (secondary N) is 1. The fourth-order valence-electron chi connectivity index (χ4n) is 3.48. The summed E-state index contributed by atoms with van der Waals surface area (Å²) in [5, 5.41) is 9.27. The highest BCUT2D eigenvalue weighted by molar-refractivity contribution is 7.98. The Kier molecular flexibility index (Phi) is 6.34. The first kappa shape index (κ1) is 21.5. The van der Waals surface area contributed by atoms with Crippen molar-refractivity contribution in [1.29, 1.82) is 0 Å². The van der Waals surface area contributed by atoms with Crippen LogP contribution >= 0.6 is 23.4 Å². The lowest BCUT2D eigenvalue weighted by atomic mass is 9.95. The van der Waals surface area contributed by atoms with Gasteiger partial charge in [0.1, 0.15) is 6.04 Å². The van der Waals surface area contributed by atoms with Gasteiger partial charge in [-0.1, -0.05) is 71.4 Å². The molecule has 6 nitrogen and oxygen atoms in total. The number of benzene rings is 2. The van der Waals surface area contributed by atoms with Crippen molar-refractivity contribution in [1.82, 2.24) is 14.8 Å². The molecule has 0 unspecified atom stereocenters. The van der Waals surface area contributed by atoms with Crippen LogP contribution in [0.25, 0.3) is 0 Å². The van der Waals surface area contributed by atoms with Crippen LogP contribution in [0.4, 0.5) is 5.95 Å². The number of aryl methyl sites for hydroxylation is 1. The average Bonchev–Trinajstić information content (AvgIpc) is 3.15. The summed E-state index contributed by atoms with van der Waals surface area (Å²) >= 11 is 7.78. The molecule has 1 aliphatic heterocycles. The summed E-state index contributed by atoms with van der Waals surface area (Å²) in [5.74, 6) is 0.887. The summed E-state index contributed by atoms with van der Waals surface area (Å²) in [5.41, 5.74) is 4.36. The molecule has 0 saturated carbocycles. The molecule has 0 amide bonds. The van der Waals surface area contributed by atoms with Crippen molar-refractivity contribution in [3.63, 3.8) is 0 Å². The lowest BCUT2D eigenvalue weighted by molar-refractivity contribution is -0.139. The maximum atomic E-state index is 12.8. The number of halogens is 1. The third-order valence-electron chi connectivity index (χ3n) is 5.04. The van der Waals surface area contributed by atoms with Crippen LogP contribution in [0.5, 0.6) is 0 Å².